The van der Waals surface area contributed by atoms with E-state index >= 15 is 0 Å². The molecular formula is C15H15FN4O2. The Morgan fingerprint density at radius 1 is 1.27 bits per heavy atom. The molecule has 0 saturated carbocycles. The fraction of sp³-hybridized carbons (Fsp3) is 0.200. The molecule has 1 heterocycles. The molecule has 1 aromatic carbocycles. The number of nitrogens with zero attached hydrogens (tertiary/aromatic N) is 2. The number of carbonyl (C=O) groups excluding carboxylic acids is 2. The fourth-order valence-electron chi connectivity index (χ4n) is 1.71. The van der Waals surface area contributed by atoms with Gasteiger partial charge >= 0.3 is 0 Å². The van der Waals surface area contributed by atoms with Crippen LogP contribution in [0.3, 0.4) is 0 Å². The van der Waals surface area contributed by atoms with Gasteiger partial charge in [0, 0.05) is 12.4 Å². The van der Waals surface area contributed by atoms with Crippen molar-refractivity contribution in [3.63, 3.8) is 0 Å². The van der Waals surface area contributed by atoms with E-state index < -0.39 is 23.7 Å². The molecule has 1 aromatic heterocycles. The van der Waals surface area contributed by atoms with E-state index in [1.54, 1.807) is 13.0 Å². The first kappa shape index (κ1) is 15.6. The minimum Gasteiger partial charge on any atom is -0.339 e. The smallest absolute Gasteiger partial charge is 0.272 e. The van der Waals surface area contributed by atoms with E-state index in [0.717, 1.165) is 5.56 Å². The number of halogens is 1. The second-order valence-corrected chi connectivity index (χ2v) is 4.76. The molecule has 1 atom stereocenters. The summed E-state index contributed by atoms with van der Waals surface area (Å²) in [4.78, 5) is 31.4. The number of hydrogen-bond acceptors (Lipinski definition) is 4. The van der Waals surface area contributed by atoms with E-state index in [4.69, 9.17) is 0 Å². The SMILES string of the molecule is Cc1ccc(NC(=O)C(C)NC(=O)c2cnccn2)c(F)c1. The molecule has 0 spiro atoms. The minimum atomic E-state index is -0.852. The average Bonchev–Trinajstić information content (AvgIpc) is 2.50. The molecule has 0 aliphatic rings. The summed E-state index contributed by atoms with van der Waals surface area (Å²) in [7, 11) is 0. The summed E-state index contributed by atoms with van der Waals surface area (Å²) in [6, 6.07) is 3.62. The lowest BCUT2D eigenvalue weighted by molar-refractivity contribution is -0.117. The number of benzene rings is 1. The molecule has 0 bridgehead atoms. The van der Waals surface area contributed by atoms with Gasteiger partial charge in [-0.3, -0.25) is 14.6 Å². The van der Waals surface area contributed by atoms with Gasteiger partial charge in [0.2, 0.25) is 5.91 Å². The minimum absolute atomic E-state index is 0.0659. The van der Waals surface area contributed by atoms with E-state index in [9.17, 15) is 14.0 Å². The molecule has 114 valence electrons. The molecule has 2 amide bonds. The topological polar surface area (TPSA) is 84.0 Å². The number of aromatic nitrogens is 2. The third-order valence-electron chi connectivity index (χ3n) is 2.92. The maximum atomic E-state index is 13.7. The van der Waals surface area contributed by atoms with Crippen LogP contribution in [-0.4, -0.2) is 27.8 Å². The molecule has 6 nitrogen and oxygen atoms in total. The number of rotatable bonds is 4. The third kappa shape index (κ3) is 3.85. The Bertz CT molecular complexity index is 691. The number of carbonyl (C=O) groups is 2. The summed E-state index contributed by atoms with van der Waals surface area (Å²) in [6.45, 7) is 3.24. The van der Waals surface area contributed by atoms with Crippen molar-refractivity contribution in [2.24, 2.45) is 0 Å². The van der Waals surface area contributed by atoms with E-state index in [-0.39, 0.29) is 11.4 Å². The number of hydrogen-bond donors (Lipinski definition) is 2. The Labute approximate surface area is 126 Å². The van der Waals surface area contributed by atoms with Gasteiger partial charge in [-0.2, -0.15) is 0 Å². The molecule has 2 rings (SSSR count). The van der Waals surface area contributed by atoms with Gasteiger partial charge in [0.15, 0.2) is 0 Å². The first-order valence-corrected chi connectivity index (χ1v) is 6.61. The van der Waals surface area contributed by atoms with Gasteiger partial charge in [0.25, 0.3) is 5.91 Å². The van der Waals surface area contributed by atoms with E-state index in [1.807, 2.05) is 0 Å². The molecule has 0 radical (unpaired) electrons. The third-order valence-corrected chi connectivity index (χ3v) is 2.92. The fourth-order valence-corrected chi connectivity index (χ4v) is 1.71. The van der Waals surface area contributed by atoms with Gasteiger partial charge in [0.1, 0.15) is 17.6 Å². The highest BCUT2D eigenvalue weighted by molar-refractivity contribution is 6.00. The van der Waals surface area contributed by atoms with Crippen molar-refractivity contribution in [1.29, 1.82) is 0 Å². The highest BCUT2D eigenvalue weighted by atomic mass is 19.1. The maximum Gasteiger partial charge on any atom is 0.272 e. The summed E-state index contributed by atoms with van der Waals surface area (Å²) in [5.41, 5.74) is 0.916. The number of aryl methyl sites for hydroxylation is 1. The summed E-state index contributed by atoms with van der Waals surface area (Å²) in [5, 5.41) is 4.90. The van der Waals surface area contributed by atoms with Crippen LogP contribution < -0.4 is 10.6 Å². The normalized spacial score (nSPS) is 11.6. The van der Waals surface area contributed by atoms with Crippen molar-refractivity contribution in [3.05, 3.63) is 53.9 Å². The molecule has 22 heavy (non-hydrogen) atoms. The lowest BCUT2D eigenvalue weighted by Crippen LogP contribution is -2.42. The molecule has 2 aromatic rings. The summed E-state index contributed by atoms with van der Waals surface area (Å²) in [6.07, 6.45) is 4.11. The van der Waals surface area contributed by atoms with Crippen LogP contribution in [0, 0.1) is 12.7 Å². The molecule has 0 aliphatic carbocycles. The summed E-state index contributed by atoms with van der Waals surface area (Å²) in [5.74, 6) is -1.58. The molecule has 1 unspecified atom stereocenters. The number of amides is 2. The van der Waals surface area contributed by atoms with Crippen molar-refractivity contribution in [2.75, 3.05) is 5.32 Å². The van der Waals surface area contributed by atoms with Crippen LogP contribution >= 0.6 is 0 Å². The van der Waals surface area contributed by atoms with Crippen LogP contribution in [0.1, 0.15) is 23.0 Å². The molecule has 7 heteroatoms. The molecule has 0 saturated heterocycles. The van der Waals surface area contributed by atoms with Gasteiger partial charge in [0.05, 0.1) is 11.9 Å². The average molecular weight is 302 g/mol. The second kappa shape index (κ2) is 6.75. The van der Waals surface area contributed by atoms with Crippen LogP contribution in [0.15, 0.2) is 36.8 Å². The Kier molecular flexibility index (Phi) is 4.77. The van der Waals surface area contributed by atoms with Gasteiger partial charge in [-0.15, -0.1) is 0 Å². The number of nitrogens with one attached hydrogen (secondary N) is 2. The Hall–Kier alpha value is -2.83. The van der Waals surface area contributed by atoms with Crippen molar-refractivity contribution in [2.45, 2.75) is 19.9 Å². The van der Waals surface area contributed by atoms with Crippen LogP contribution in [0.4, 0.5) is 10.1 Å². The highest BCUT2D eigenvalue weighted by Gasteiger charge is 2.18. The van der Waals surface area contributed by atoms with Gasteiger partial charge in [-0.1, -0.05) is 6.07 Å². The van der Waals surface area contributed by atoms with Crippen molar-refractivity contribution >= 4 is 17.5 Å². The van der Waals surface area contributed by atoms with Crippen LogP contribution in [0.2, 0.25) is 0 Å². The molecule has 0 fully saturated rings. The molecule has 0 aliphatic heterocycles. The van der Waals surface area contributed by atoms with Gasteiger partial charge in [-0.25, -0.2) is 9.37 Å². The highest BCUT2D eigenvalue weighted by Crippen LogP contribution is 2.15. The summed E-state index contributed by atoms with van der Waals surface area (Å²) < 4.78 is 13.7. The Morgan fingerprint density at radius 3 is 2.68 bits per heavy atom. The largest absolute Gasteiger partial charge is 0.339 e. The van der Waals surface area contributed by atoms with Crippen LogP contribution in [-0.2, 0) is 4.79 Å². The zero-order chi connectivity index (χ0) is 16.1. The lowest BCUT2D eigenvalue weighted by atomic mass is 10.2. The predicted molar refractivity (Wildman–Crippen MR) is 78.7 cm³/mol. The molecule has 2 N–H and O–H groups in total. The van der Waals surface area contributed by atoms with Gasteiger partial charge < -0.3 is 10.6 Å². The first-order chi connectivity index (χ1) is 10.5. The second-order valence-electron chi connectivity index (χ2n) is 4.76. The zero-order valence-corrected chi connectivity index (χ0v) is 12.1. The maximum absolute atomic E-state index is 13.7. The molecular weight excluding hydrogens is 287 g/mol. The first-order valence-electron chi connectivity index (χ1n) is 6.61. The Balaban J connectivity index is 1.99. The Morgan fingerprint density at radius 2 is 2.05 bits per heavy atom. The van der Waals surface area contributed by atoms with Crippen molar-refractivity contribution in [1.82, 2.24) is 15.3 Å². The zero-order valence-electron chi connectivity index (χ0n) is 12.1. The van der Waals surface area contributed by atoms with Crippen molar-refractivity contribution < 1.29 is 14.0 Å². The van der Waals surface area contributed by atoms with Crippen LogP contribution in [0.25, 0.3) is 0 Å². The summed E-state index contributed by atoms with van der Waals surface area (Å²) >= 11 is 0. The lowest BCUT2D eigenvalue weighted by Gasteiger charge is -2.14. The monoisotopic (exact) mass is 302 g/mol. The standard InChI is InChI=1S/C15H15FN4O2/c1-9-3-4-12(11(16)7-9)20-14(21)10(2)19-15(22)13-8-17-5-6-18-13/h3-8,10H,1-2H3,(H,19,22)(H,20,21). The van der Waals surface area contributed by atoms with Crippen molar-refractivity contribution in [3.8, 4) is 0 Å². The number of anilines is 1. The van der Waals surface area contributed by atoms with E-state index in [1.165, 1.54) is 37.6 Å². The van der Waals surface area contributed by atoms with Gasteiger partial charge in [-0.05, 0) is 31.5 Å². The predicted octanol–water partition coefficient (Wildman–Crippen LogP) is 1.68. The van der Waals surface area contributed by atoms with E-state index in [0.29, 0.717) is 0 Å². The van der Waals surface area contributed by atoms with Crippen LogP contribution in [0.5, 0.6) is 0 Å². The van der Waals surface area contributed by atoms with E-state index in [2.05, 4.69) is 20.6 Å². The quantitative estimate of drug-likeness (QED) is 0.900.